The average Bonchev–Trinajstić information content (AvgIpc) is 2.84. The van der Waals surface area contributed by atoms with Gasteiger partial charge in [-0.15, -0.1) is 0 Å². The lowest BCUT2D eigenvalue weighted by molar-refractivity contribution is 0.771. The third-order valence-electron chi connectivity index (χ3n) is 2.29. The molecule has 3 heteroatoms. The van der Waals surface area contributed by atoms with E-state index in [-0.39, 0.29) is 5.56 Å². The predicted molar refractivity (Wildman–Crippen MR) is 51.4 cm³/mol. The van der Waals surface area contributed by atoms with Crippen LogP contribution in [0.1, 0.15) is 24.5 Å². The van der Waals surface area contributed by atoms with E-state index in [1.54, 1.807) is 4.57 Å². The van der Waals surface area contributed by atoms with Gasteiger partial charge < -0.3 is 4.57 Å². The van der Waals surface area contributed by atoms with E-state index >= 15 is 0 Å². The van der Waals surface area contributed by atoms with Crippen LogP contribution in [0.3, 0.4) is 0 Å². The van der Waals surface area contributed by atoms with Gasteiger partial charge in [-0.25, -0.2) is 0 Å². The Morgan fingerprint density at radius 3 is 2.75 bits per heavy atom. The van der Waals surface area contributed by atoms with Crippen molar-refractivity contribution in [2.75, 3.05) is 0 Å². The second-order valence-electron chi connectivity index (χ2n) is 3.24. The molecule has 2 nitrogen and oxygen atoms in total. The van der Waals surface area contributed by atoms with Crippen LogP contribution in [0.25, 0.3) is 0 Å². The highest BCUT2D eigenvalue weighted by Gasteiger charge is 2.25. The van der Waals surface area contributed by atoms with Gasteiger partial charge in [-0.2, -0.15) is 0 Å². The fraction of sp³-hybridized carbons (Fsp3) is 0.444. The van der Waals surface area contributed by atoms with Crippen LogP contribution in [-0.2, 0) is 7.05 Å². The number of hydrogen-bond donors (Lipinski definition) is 0. The van der Waals surface area contributed by atoms with Gasteiger partial charge in [0, 0.05) is 12.7 Å². The largest absolute Gasteiger partial charge is 0.314 e. The van der Waals surface area contributed by atoms with Crippen molar-refractivity contribution in [2.24, 2.45) is 7.05 Å². The fourth-order valence-corrected chi connectivity index (χ4v) is 1.81. The minimum absolute atomic E-state index is 0.0689. The van der Waals surface area contributed by atoms with Crippen LogP contribution < -0.4 is 5.56 Å². The van der Waals surface area contributed by atoms with Crippen LogP contribution in [-0.4, -0.2) is 4.57 Å². The second-order valence-corrected chi connectivity index (χ2v) is 4.10. The van der Waals surface area contributed by atoms with Gasteiger partial charge >= 0.3 is 0 Å². The summed E-state index contributed by atoms with van der Waals surface area (Å²) >= 11 is 3.22. The van der Waals surface area contributed by atoms with Gasteiger partial charge in [0.05, 0.1) is 4.47 Å². The summed E-state index contributed by atoms with van der Waals surface area (Å²) in [5, 5.41) is 0. The molecule has 1 aliphatic rings. The SMILES string of the molecule is Cn1c(C2CC2)ccc(Br)c1=O. The topological polar surface area (TPSA) is 22.0 Å². The summed E-state index contributed by atoms with van der Waals surface area (Å²) in [6.45, 7) is 0. The summed E-state index contributed by atoms with van der Waals surface area (Å²) in [4.78, 5) is 11.4. The quantitative estimate of drug-likeness (QED) is 0.720. The standard InChI is InChI=1S/C9H10BrNO/c1-11-8(6-2-3-6)5-4-7(10)9(11)12/h4-6H,2-3H2,1H3. The molecule has 0 aliphatic heterocycles. The van der Waals surface area contributed by atoms with E-state index < -0.39 is 0 Å². The monoisotopic (exact) mass is 227 g/mol. The van der Waals surface area contributed by atoms with Crippen LogP contribution in [0.5, 0.6) is 0 Å². The van der Waals surface area contributed by atoms with Gasteiger partial charge in [0.25, 0.3) is 5.56 Å². The van der Waals surface area contributed by atoms with Gasteiger partial charge in [0.1, 0.15) is 0 Å². The summed E-state index contributed by atoms with van der Waals surface area (Å²) in [5.74, 6) is 0.635. The zero-order valence-corrected chi connectivity index (χ0v) is 8.47. The molecule has 0 radical (unpaired) electrons. The Morgan fingerprint density at radius 2 is 2.17 bits per heavy atom. The van der Waals surface area contributed by atoms with Crippen molar-refractivity contribution in [1.29, 1.82) is 0 Å². The van der Waals surface area contributed by atoms with Gasteiger partial charge in [-0.1, -0.05) is 0 Å². The molecule has 0 N–H and O–H groups in total. The molecule has 12 heavy (non-hydrogen) atoms. The Balaban J connectivity index is 2.57. The normalized spacial score (nSPS) is 16.5. The molecule has 0 bridgehead atoms. The molecule has 64 valence electrons. The van der Waals surface area contributed by atoms with Crippen LogP contribution in [0.2, 0.25) is 0 Å². The lowest BCUT2D eigenvalue weighted by Gasteiger charge is -2.05. The molecule has 1 fully saturated rings. The molecule has 1 heterocycles. The highest BCUT2D eigenvalue weighted by molar-refractivity contribution is 9.10. The van der Waals surface area contributed by atoms with Gasteiger partial charge in [0.15, 0.2) is 0 Å². The van der Waals surface area contributed by atoms with Crippen molar-refractivity contribution in [3.8, 4) is 0 Å². The van der Waals surface area contributed by atoms with Crippen LogP contribution in [0.15, 0.2) is 21.4 Å². The van der Waals surface area contributed by atoms with Crippen molar-refractivity contribution in [2.45, 2.75) is 18.8 Å². The molecule has 0 spiro atoms. The molecule has 1 aromatic rings. The first-order valence-corrected chi connectivity index (χ1v) is 4.85. The van der Waals surface area contributed by atoms with Gasteiger partial charge in [0.2, 0.25) is 0 Å². The van der Waals surface area contributed by atoms with Crippen molar-refractivity contribution in [1.82, 2.24) is 4.57 Å². The van der Waals surface area contributed by atoms with E-state index in [0.717, 1.165) is 0 Å². The first-order valence-electron chi connectivity index (χ1n) is 4.05. The molecule has 0 unspecified atom stereocenters. The molecule has 0 saturated heterocycles. The molecule has 0 atom stereocenters. The van der Waals surface area contributed by atoms with E-state index in [2.05, 4.69) is 15.9 Å². The molecule has 1 saturated carbocycles. The van der Waals surface area contributed by atoms with Crippen molar-refractivity contribution in [3.63, 3.8) is 0 Å². The van der Waals surface area contributed by atoms with Gasteiger partial charge in [-0.05, 0) is 46.8 Å². The molecule has 0 amide bonds. The van der Waals surface area contributed by atoms with E-state index in [4.69, 9.17) is 0 Å². The summed E-state index contributed by atoms with van der Waals surface area (Å²) < 4.78 is 2.39. The predicted octanol–water partition coefficient (Wildman–Crippen LogP) is 2.03. The van der Waals surface area contributed by atoms with E-state index in [0.29, 0.717) is 10.4 Å². The second kappa shape index (κ2) is 2.73. The smallest absolute Gasteiger partial charge is 0.264 e. The van der Waals surface area contributed by atoms with E-state index in [1.165, 1.54) is 18.5 Å². The average molecular weight is 228 g/mol. The minimum atomic E-state index is 0.0689. The summed E-state index contributed by atoms with van der Waals surface area (Å²) in [7, 11) is 1.83. The Labute approximate surface area is 79.3 Å². The molecule has 0 aromatic carbocycles. The highest BCUT2D eigenvalue weighted by Crippen LogP contribution is 2.39. The fourth-order valence-electron chi connectivity index (χ4n) is 1.41. The first kappa shape index (κ1) is 8.05. The Kier molecular flexibility index (Phi) is 1.83. The highest BCUT2D eigenvalue weighted by atomic mass is 79.9. The van der Waals surface area contributed by atoms with Gasteiger partial charge in [-0.3, -0.25) is 4.79 Å². The lowest BCUT2D eigenvalue weighted by Crippen LogP contribution is -2.19. The summed E-state index contributed by atoms with van der Waals surface area (Å²) in [6, 6.07) is 3.87. The molecule has 2 rings (SSSR count). The summed E-state index contributed by atoms with van der Waals surface area (Å²) in [6.07, 6.45) is 2.46. The molecular formula is C9H10BrNO. The first-order chi connectivity index (χ1) is 5.70. The Morgan fingerprint density at radius 1 is 1.50 bits per heavy atom. The van der Waals surface area contributed by atoms with Crippen LogP contribution >= 0.6 is 15.9 Å². The lowest BCUT2D eigenvalue weighted by atomic mass is 10.2. The number of hydrogen-bond acceptors (Lipinski definition) is 1. The number of halogens is 1. The molecule has 1 aromatic heterocycles. The Bertz CT molecular complexity index is 365. The zero-order valence-electron chi connectivity index (χ0n) is 6.88. The Hall–Kier alpha value is -0.570. The summed E-state index contributed by atoms with van der Waals surface area (Å²) in [5.41, 5.74) is 1.24. The van der Waals surface area contributed by atoms with E-state index in [9.17, 15) is 4.79 Å². The minimum Gasteiger partial charge on any atom is -0.314 e. The number of pyridine rings is 1. The maximum atomic E-state index is 11.4. The van der Waals surface area contributed by atoms with E-state index in [1.807, 2.05) is 19.2 Å². The van der Waals surface area contributed by atoms with Crippen LogP contribution in [0.4, 0.5) is 0 Å². The van der Waals surface area contributed by atoms with Crippen molar-refractivity contribution < 1.29 is 0 Å². The number of nitrogens with zero attached hydrogens (tertiary/aromatic N) is 1. The number of rotatable bonds is 1. The maximum absolute atomic E-state index is 11.4. The maximum Gasteiger partial charge on any atom is 0.264 e. The van der Waals surface area contributed by atoms with Crippen molar-refractivity contribution >= 4 is 15.9 Å². The van der Waals surface area contributed by atoms with Crippen LogP contribution in [0, 0.1) is 0 Å². The third kappa shape index (κ3) is 1.22. The zero-order chi connectivity index (χ0) is 8.72. The third-order valence-corrected chi connectivity index (χ3v) is 2.90. The molecule has 1 aliphatic carbocycles. The molecular weight excluding hydrogens is 218 g/mol. The number of aromatic nitrogens is 1. The van der Waals surface area contributed by atoms with Crippen molar-refractivity contribution in [3.05, 3.63) is 32.7 Å².